The lowest BCUT2D eigenvalue weighted by molar-refractivity contribution is 0.0966. The normalized spacial score (nSPS) is 12.4. The highest BCUT2D eigenvalue weighted by molar-refractivity contribution is 6.01. The Morgan fingerprint density at radius 2 is 1.77 bits per heavy atom. The molecule has 150 valence electrons. The van der Waals surface area contributed by atoms with Crippen LogP contribution in [0.3, 0.4) is 0 Å². The molecule has 1 N–H and O–H groups in total. The van der Waals surface area contributed by atoms with Crippen LogP contribution in [0.2, 0.25) is 0 Å². The Bertz CT molecular complexity index is 1380. The van der Waals surface area contributed by atoms with Gasteiger partial charge in [0.15, 0.2) is 0 Å². The second-order valence-corrected chi connectivity index (χ2v) is 7.19. The zero-order valence-electron chi connectivity index (χ0n) is 16.1. The quantitative estimate of drug-likeness (QED) is 0.535. The number of nitriles is 1. The van der Waals surface area contributed by atoms with Crippen LogP contribution in [0.1, 0.15) is 21.5 Å². The van der Waals surface area contributed by atoms with Gasteiger partial charge in [-0.25, -0.2) is 13.5 Å². The molecule has 0 unspecified atom stereocenters. The van der Waals surface area contributed by atoms with E-state index >= 15 is 0 Å². The first-order chi connectivity index (χ1) is 15.0. The highest BCUT2D eigenvalue weighted by Crippen LogP contribution is 2.37. The zero-order valence-corrected chi connectivity index (χ0v) is 16.1. The molecule has 3 aromatic carbocycles. The second kappa shape index (κ2) is 7.18. The standard InChI is InChI=1S/C24H14F2N4O/c25-17-3-6-19(23(26)8-17)22-9-21-15(11-28-24(21)31)7-20(22)16-12-29-30(13-16)18-4-1-14(10-27)2-5-18/h1-9,12-13H,11H2,(H,28,31). The van der Waals surface area contributed by atoms with Crippen LogP contribution in [-0.4, -0.2) is 15.7 Å². The SMILES string of the molecule is N#Cc1ccc(-n2cc(-c3cc4c(cc3-c3ccc(F)cc3F)C(=O)NC4)cn2)cc1. The van der Waals surface area contributed by atoms with Gasteiger partial charge in [0.1, 0.15) is 11.6 Å². The summed E-state index contributed by atoms with van der Waals surface area (Å²) < 4.78 is 29.8. The number of carbonyl (C=O) groups excluding carboxylic acids is 1. The number of benzene rings is 3. The molecule has 1 amide bonds. The lowest BCUT2D eigenvalue weighted by atomic mass is 9.91. The predicted octanol–water partition coefficient (Wildman–Crippen LogP) is 4.60. The van der Waals surface area contributed by atoms with E-state index in [0.717, 1.165) is 17.3 Å². The van der Waals surface area contributed by atoms with Crippen molar-refractivity contribution in [3.8, 4) is 34.0 Å². The molecule has 5 nitrogen and oxygen atoms in total. The van der Waals surface area contributed by atoms with E-state index in [9.17, 15) is 13.6 Å². The number of carbonyl (C=O) groups is 1. The summed E-state index contributed by atoms with van der Waals surface area (Å²) in [6.45, 7) is 0.386. The molecule has 0 fully saturated rings. The van der Waals surface area contributed by atoms with Crippen molar-refractivity contribution >= 4 is 5.91 Å². The Morgan fingerprint density at radius 3 is 2.52 bits per heavy atom. The van der Waals surface area contributed by atoms with Gasteiger partial charge in [0, 0.05) is 35.5 Å². The molecule has 0 aliphatic carbocycles. The maximum atomic E-state index is 14.6. The van der Waals surface area contributed by atoms with Crippen molar-refractivity contribution in [1.82, 2.24) is 15.1 Å². The first kappa shape index (κ1) is 18.7. The lowest BCUT2D eigenvalue weighted by Gasteiger charge is -2.12. The molecule has 7 heteroatoms. The maximum Gasteiger partial charge on any atom is 0.251 e. The van der Waals surface area contributed by atoms with E-state index in [2.05, 4.69) is 16.5 Å². The topological polar surface area (TPSA) is 70.7 Å². The second-order valence-electron chi connectivity index (χ2n) is 7.19. The number of hydrogen-bond donors (Lipinski definition) is 1. The van der Waals surface area contributed by atoms with Gasteiger partial charge in [-0.3, -0.25) is 4.79 Å². The summed E-state index contributed by atoms with van der Waals surface area (Å²) in [5.41, 5.74) is 4.65. The van der Waals surface area contributed by atoms with E-state index in [0.29, 0.717) is 34.4 Å². The molecular formula is C24H14F2N4O. The fourth-order valence-electron chi connectivity index (χ4n) is 3.73. The van der Waals surface area contributed by atoms with Gasteiger partial charge in [-0.05, 0) is 65.2 Å². The van der Waals surface area contributed by atoms with Crippen LogP contribution in [0.4, 0.5) is 8.78 Å². The molecule has 4 aromatic rings. The minimum atomic E-state index is -0.709. The molecule has 31 heavy (non-hydrogen) atoms. The van der Waals surface area contributed by atoms with Crippen LogP contribution in [0, 0.1) is 23.0 Å². The van der Waals surface area contributed by atoms with Crippen LogP contribution in [-0.2, 0) is 6.54 Å². The number of rotatable bonds is 3. The monoisotopic (exact) mass is 412 g/mol. The molecule has 1 aliphatic rings. The number of nitrogens with one attached hydrogen (secondary N) is 1. The lowest BCUT2D eigenvalue weighted by Crippen LogP contribution is -2.12. The summed E-state index contributed by atoms with van der Waals surface area (Å²) in [7, 11) is 0. The highest BCUT2D eigenvalue weighted by Gasteiger charge is 2.24. The van der Waals surface area contributed by atoms with Crippen LogP contribution in [0.5, 0.6) is 0 Å². The Kier molecular flexibility index (Phi) is 4.33. The number of halogens is 2. The molecule has 2 heterocycles. The molecule has 0 saturated carbocycles. The number of aromatic nitrogens is 2. The van der Waals surface area contributed by atoms with Gasteiger partial charge in [-0.2, -0.15) is 10.4 Å². The Labute approximate surface area is 176 Å². The largest absolute Gasteiger partial charge is 0.348 e. The summed E-state index contributed by atoms with van der Waals surface area (Å²) >= 11 is 0. The molecule has 1 aromatic heterocycles. The first-order valence-corrected chi connectivity index (χ1v) is 9.49. The average molecular weight is 412 g/mol. The Morgan fingerprint density at radius 1 is 0.968 bits per heavy atom. The van der Waals surface area contributed by atoms with E-state index in [-0.39, 0.29) is 11.5 Å². The van der Waals surface area contributed by atoms with E-state index in [1.165, 1.54) is 12.1 Å². The van der Waals surface area contributed by atoms with Crippen molar-refractivity contribution < 1.29 is 13.6 Å². The Balaban J connectivity index is 1.66. The molecule has 0 bridgehead atoms. The van der Waals surface area contributed by atoms with E-state index in [4.69, 9.17) is 5.26 Å². The van der Waals surface area contributed by atoms with Crippen LogP contribution in [0.25, 0.3) is 27.9 Å². The van der Waals surface area contributed by atoms with Gasteiger partial charge in [-0.1, -0.05) is 0 Å². The van der Waals surface area contributed by atoms with Crippen molar-refractivity contribution in [3.63, 3.8) is 0 Å². The maximum absolute atomic E-state index is 14.6. The van der Waals surface area contributed by atoms with E-state index in [1.807, 2.05) is 6.07 Å². The molecule has 1 aliphatic heterocycles. The smallest absolute Gasteiger partial charge is 0.251 e. The molecule has 0 spiro atoms. The van der Waals surface area contributed by atoms with Gasteiger partial charge in [0.25, 0.3) is 5.91 Å². The third kappa shape index (κ3) is 3.24. The number of fused-ring (bicyclic) bond motifs is 1. The summed E-state index contributed by atoms with van der Waals surface area (Å²) in [6.07, 6.45) is 3.44. The molecule has 0 atom stereocenters. The molecule has 0 saturated heterocycles. The zero-order chi connectivity index (χ0) is 21.5. The van der Waals surface area contributed by atoms with Gasteiger partial charge in [-0.15, -0.1) is 0 Å². The summed E-state index contributed by atoms with van der Waals surface area (Å²) in [6, 6.07) is 15.9. The molecular weight excluding hydrogens is 398 g/mol. The average Bonchev–Trinajstić information content (AvgIpc) is 3.40. The van der Waals surface area contributed by atoms with Gasteiger partial charge in [0.05, 0.1) is 23.5 Å². The minimum absolute atomic E-state index is 0.199. The summed E-state index contributed by atoms with van der Waals surface area (Å²) in [5.74, 6) is -1.60. The van der Waals surface area contributed by atoms with Crippen LogP contribution in [0.15, 0.2) is 67.0 Å². The van der Waals surface area contributed by atoms with Gasteiger partial charge >= 0.3 is 0 Å². The molecule has 5 rings (SSSR count). The first-order valence-electron chi connectivity index (χ1n) is 9.49. The van der Waals surface area contributed by atoms with Crippen molar-refractivity contribution in [3.05, 3.63) is 95.3 Å². The van der Waals surface area contributed by atoms with E-state index < -0.39 is 11.6 Å². The van der Waals surface area contributed by atoms with Gasteiger partial charge < -0.3 is 5.32 Å². The Hall–Kier alpha value is -4.31. The third-order valence-electron chi connectivity index (χ3n) is 5.30. The van der Waals surface area contributed by atoms with Crippen LogP contribution >= 0.6 is 0 Å². The van der Waals surface area contributed by atoms with E-state index in [1.54, 1.807) is 47.4 Å². The predicted molar refractivity (Wildman–Crippen MR) is 110 cm³/mol. The van der Waals surface area contributed by atoms with Crippen molar-refractivity contribution in [2.45, 2.75) is 6.54 Å². The van der Waals surface area contributed by atoms with Crippen molar-refractivity contribution in [1.29, 1.82) is 5.26 Å². The number of nitrogens with zero attached hydrogens (tertiary/aromatic N) is 3. The molecule has 0 radical (unpaired) electrons. The van der Waals surface area contributed by atoms with Crippen molar-refractivity contribution in [2.24, 2.45) is 0 Å². The van der Waals surface area contributed by atoms with Gasteiger partial charge in [0.2, 0.25) is 0 Å². The summed E-state index contributed by atoms with van der Waals surface area (Å²) in [5, 5.41) is 16.1. The summed E-state index contributed by atoms with van der Waals surface area (Å²) in [4.78, 5) is 12.2. The number of hydrogen-bond acceptors (Lipinski definition) is 3. The highest BCUT2D eigenvalue weighted by atomic mass is 19.1. The number of amides is 1. The third-order valence-corrected chi connectivity index (χ3v) is 5.30. The van der Waals surface area contributed by atoms with Crippen LogP contribution < -0.4 is 5.32 Å². The van der Waals surface area contributed by atoms with Crippen molar-refractivity contribution in [2.75, 3.05) is 0 Å². The fraction of sp³-hybridized carbons (Fsp3) is 0.0417. The minimum Gasteiger partial charge on any atom is -0.348 e. The fourth-order valence-corrected chi connectivity index (χ4v) is 3.73.